The molecular formula is C22H29N3O2. The molecule has 1 aliphatic heterocycles. The van der Waals surface area contributed by atoms with Crippen LogP contribution < -0.4 is 5.56 Å². The fourth-order valence-corrected chi connectivity index (χ4v) is 5.34. The molecule has 2 heterocycles. The lowest BCUT2D eigenvalue weighted by Crippen LogP contribution is -2.48. The molecule has 2 saturated carbocycles. The smallest absolute Gasteiger partial charge is 0.261 e. The maximum Gasteiger partial charge on any atom is 0.261 e. The second kappa shape index (κ2) is 6.71. The third-order valence-electron chi connectivity index (χ3n) is 6.97. The molecule has 5 rings (SSSR count). The first-order chi connectivity index (χ1) is 13.1. The minimum absolute atomic E-state index is 0.122. The van der Waals surface area contributed by atoms with Crippen LogP contribution in [0.3, 0.4) is 0 Å². The minimum Gasteiger partial charge on any atom is -0.389 e. The fraction of sp³-hybridized carbons (Fsp3) is 0.636. The van der Waals surface area contributed by atoms with E-state index in [9.17, 15) is 9.90 Å². The largest absolute Gasteiger partial charge is 0.389 e. The monoisotopic (exact) mass is 367 g/mol. The summed E-state index contributed by atoms with van der Waals surface area (Å²) >= 11 is 0. The second-order valence-corrected chi connectivity index (χ2v) is 8.81. The Morgan fingerprint density at radius 3 is 2.59 bits per heavy atom. The average Bonchev–Trinajstić information content (AvgIpc) is 3.32. The number of β-amino-alcohol motifs (C(OH)–C–C–N with tert-alkyl or cyclic N) is 1. The van der Waals surface area contributed by atoms with E-state index in [1.54, 1.807) is 0 Å². The van der Waals surface area contributed by atoms with E-state index in [0.717, 1.165) is 68.2 Å². The Kier molecular flexibility index (Phi) is 4.32. The molecule has 5 heteroatoms. The van der Waals surface area contributed by atoms with Crippen molar-refractivity contribution in [3.63, 3.8) is 0 Å². The van der Waals surface area contributed by atoms with Crippen LogP contribution in [-0.4, -0.2) is 38.2 Å². The summed E-state index contributed by atoms with van der Waals surface area (Å²) in [5, 5.41) is 11.4. The van der Waals surface area contributed by atoms with Crippen molar-refractivity contribution in [2.75, 3.05) is 13.1 Å². The van der Waals surface area contributed by atoms with E-state index in [1.807, 2.05) is 28.8 Å². The number of hydrogen-bond acceptors (Lipinski definition) is 4. The molecule has 1 aromatic heterocycles. The van der Waals surface area contributed by atoms with Crippen molar-refractivity contribution in [2.45, 2.75) is 75.5 Å². The highest BCUT2D eigenvalue weighted by Crippen LogP contribution is 2.39. The standard InChI is InChI=1S/C22H29N3O2/c26-21-17-9-3-4-10-18(17)23-20(25(21)16-7-1-2-8-16)19-11-5-14-24(19)15-22(27)12-6-13-22/h3-4,9-10,16,19,27H,1-2,5-8,11-15H2. The van der Waals surface area contributed by atoms with Crippen molar-refractivity contribution in [1.29, 1.82) is 0 Å². The SMILES string of the molecule is O=c1c2ccccc2nc(C2CCCN2CC2(O)CCC2)n1C1CCCC1. The Labute approximate surface area is 160 Å². The summed E-state index contributed by atoms with van der Waals surface area (Å²) in [6.07, 6.45) is 9.58. The van der Waals surface area contributed by atoms with Gasteiger partial charge < -0.3 is 5.11 Å². The van der Waals surface area contributed by atoms with Gasteiger partial charge in [-0.1, -0.05) is 25.0 Å². The molecule has 27 heavy (non-hydrogen) atoms. The Bertz CT molecular complexity index is 896. The molecular weight excluding hydrogens is 338 g/mol. The van der Waals surface area contributed by atoms with Gasteiger partial charge in [0.25, 0.3) is 5.56 Å². The van der Waals surface area contributed by atoms with Crippen molar-refractivity contribution >= 4 is 10.9 Å². The first-order valence-electron chi connectivity index (χ1n) is 10.6. The summed E-state index contributed by atoms with van der Waals surface area (Å²) in [7, 11) is 0. The fourth-order valence-electron chi connectivity index (χ4n) is 5.34. The summed E-state index contributed by atoms with van der Waals surface area (Å²) in [5.41, 5.74) is 0.399. The third-order valence-corrected chi connectivity index (χ3v) is 6.97. The molecule has 2 aliphatic carbocycles. The van der Waals surface area contributed by atoms with Gasteiger partial charge in [0.05, 0.1) is 22.5 Å². The average molecular weight is 367 g/mol. The Morgan fingerprint density at radius 1 is 1.07 bits per heavy atom. The van der Waals surface area contributed by atoms with E-state index in [1.165, 1.54) is 12.8 Å². The van der Waals surface area contributed by atoms with E-state index in [-0.39, 0.29) is 17.6 Å². The Balaban J connectivity index is 1.60. The van der Waals surface area contributed by atoms with Crippen LogP contribution in [0.1, 0.15) is 75.7 Å². The Morgan fingerprint density at radius 2 is 1.85 bits per heavy atom. The number of aliphatic hydroxyl groups is 1. The number of aromatic nitrogens is 2. The molecule has 1 saturated heterocycles. The van der Waals surface area contributed by atoms with Crippen molar-refractivity contribution in [3.05, 3.63) is 40.4 Å². The zero-order valence-corrected chi connectivity index (χ0v) is 15.9. The van der Waals surface area contributed by atoms with Crippen LogP contribution >= 0.6 is 0 Å². The molecule has 144 valence electrons. The van der Waals surface area contributed by atoms with E-state index >= 15 is 0 Å². The molecule has 1 unspecified atom stereocenters. The highest BCUT2D eigenvalue weighted by atomic mass is 16.3. The summed E-state index contributed by atoms with van der Waals surface area (Å²) in [4.78, 5) is 20.8. The zero-order chi connectivity index (χ0) is 18.4. The normalized spacial score (nSPS) is 25.9. The Hall–Kier alpha value is -1.72. The molecule has 1 atom stereocenters. The van der Waals surface area contributed by atoms with Gasteiger partial charge >= 0.3 is 0 Å². The van der Waals surface area contributed by atoms with Crippen molar-refractivity contribution in [1.82, 2.24) is 14.5 Å². The quantitative estimate of drug-likeness (QED) is 0.898. The molecule has 3 fully saturated rings. The summed E-state index contributed by atoms with van der Waals surface area (Å²) < 4.78 is 2.03. The van der Waals surface area contributed by atoms with Crippen LogP contribution in [-0.2, 0) is 0 Å². The van der Waals surface area contributed by atoms with Gasteiger partial charge in [-0.15, -0.1) is 0 Å². The van der Waals surface area contributed by atoms with E-state index in [2.05, 4.69) is 4.90 Å². The molecule has 2 aromatic rings. The summed E-state index contributed by atoms with van der Waals surface area (Å²) in [5.74, 6) is 0.936. The van der Waals surface area contributed by atoms with E-state index in [0.29, 0.717) is 6.54 Å². The van der Waals surface area contributed by atoms with E-state index < -0.39 is 5.60 Å². The number of para-hydroxylation sites is 1. The van der Waals surface area contributed by atoms with Gasteiger partial charge in [0.15, 0.2) is 0 Å². The third kappa shape index (κ3) is 3.01. The molecule has 0 radical (unpaired) electrons. The van der Waals surface area contributed by atoms with Gasteiger partial charge in [-0.25, -0.2) is 4.98 Å². The van der Waals surface area contributed by atoms with Gasteiger partial charge in [0, 0.05) is 12.6 Å². The van der Waals surface area contributed by atoms with Crippen molar-refractivity contribution in [3.8, 4) is 0 Å². The molecule has 0 bridgehead atoms. The van der Waals surface area contributed by atoms with Crippen LogP contribution in [0.4, 0.5) is 0 Å². The zero-order valence-electron chi connectivity index (χ0n) is 15.9. The second-order valence-electron chi connectivity index (χ2n) is 8.81. The highest BCUT2D eigenvalue weighted by Gasteiger charge is 2.41. The lowest BCUT2D eigenvalue weighted by Gasteiger charge is -2.41. The minimum atomic E-state index is -0.530. The summed E-state index contributed by atoms with van der Waals surface area (Å²) in [6.45, 7) is 1.70. The number of nitrogens with zero attached hydrogens (tertiary/aromatic N) is 3. The van der Waals surface area contributed by atoms with Crippen molar-refractivity contribution < 1.29 is 5.11 Å². The lowest BCUT2D eigenvalue weighted by molar-refractivity contribution is -0.0621. The number of hydrogen-bond donors (Lipinski definition) is 1. The van der Waals surface area contributed by atoms with Crippen LogP contribution in [0.2, 0.25) is 0 Å². The predicted molar refractivity (Wildman–Crippen MR) is 106 cm³/mol. The predicted octanol–water partition coefficient (Wildman–Crippen LogP) is 3.56. The van der Waals surface area contributed by atoms with E-state index in [4.69, 9.17) is 4.98 Å². The van der Waals surface area contributed by atoms with Gasteiger partial charge in [-0.3, -0.25) is 14.3 Å². The molecule has 0 spiro atoms. The molecule has 0 amide bonds. The van der Waals surface area contributed by atoms with Crippen molar-refractivity contribution in [2.24, 2.45) is 0 Å². The number of benzene rings is 1. The maximum atomic E-state index is 13.4. The topological polar surface area (TPSA) is 58.4 Å². The first kappa shape index (κ1) is 17.4. The van der Waals surface area contributed by atoms with Crippen LogP contribution in [0.25, 0.3) is 10.9 Å². The molecule has 3 aliphatic rings. The number of fused-ring (bicyclic) bond motifs is 1. The van der Waals surface area contributed by atoms with Crippen LogP contribution in [0, 0.1) is 0 Å². The van der Waals surface area contributed by atoms with Gasteiger partial charge in [-0.05, 0) is 63.6 Å². The lowest BCUT2D eigenvalue weighted by atomic mass is 9.80. The number of likely N-dealkylation sites (tertiary alicyclic amines) is 1. The van der Waals surface area contributed by atoms with Gasteiger partial charge in [0.2, 0.25) is 0 Å². The van der Waals surface area contributed by atoms with Gasteiger partial charge in [-0.2, -0.15) is 0 Å². The van der Waals surface area contributed by atoms with Gasteiger partial charge in [0.1, 0.15) is 5.82 Å². The molecule has 1 aromatic carbocycles. The maximum absolute atomic E-state index is 13.4. The molecule has 1 N–H and O–H groups in total. The highest BCUT2D eigenvalue weighted by molar-refractivity contribution is 5.77. The van der Waals surface area contributed by atoms with Crippen LogP contribution in [0.15, 0.2) is 29.1 Å². The number of rotatable bonds is 4. The van der Waals surface area contributed by atoms with Crippen LogP contribution in [0.5, 0.6) is 0 Å². The first-order valence-corrected chi connectivity index (χ1v) is 10.6. The molecule has 5 nitrogen and oxygen atoms in total. The summed E-state index contributed by atoms with van der Waals surface area (Å²) in [6, 6.07) is 8.17.